The molecule has 0 saturated heterocycles. The zero-order valence-corrected chi connectivity index (χ0v) is 10.9. The molecule has 0 saturated carbocycles. The molecule has 1 nitrogen and oxygen atoms in total. The summed E-state index contributed by atoms with van der Waals surface area (Å²) in [6.07, 6.45) is 3.43. The van der Waals surface area contributed by atoms with Crippen LogP contribution in [0.15, 0.2) is 23.8 Å². The number of benzene rings is 1. The van der Waals surface area contributed by atoms with Gasteiger partial charge < -0.3 is 5.32 Å². The van der Waals surface area contributed by atoms with E-state index in [1.54, 1.807) is 0 Å². The predicted octanol–water partition coefficient (Wildman–Crippen LogP) is 3.71. The summed E-state index contributed by atoms with van der Waals surface area (Å²) in [5, 5.41) is 3.38. The summed E-state index contributed by atoms with van der Waals surface area (Å²) in [5.74, 6) is 0. The molecule has 0 aliphatic rings. The van der Waals surface area contributed by atoms with Crippen molar-refractivity contribution >= 4 is 6.08 Å². The molecule has 1 heteroatoms. The van der Waals surface area contributed by atoms with Gasteiger partial charge in [-0.1, -0.05) is 49.3 Å². The van der Waals surface area contributed by atoms with E-state index in [0.717, 1.165) is 19.5 Å². The lowest BCUT2D eigenvalue weighted by molar-refractivity contribution is 0.762. The second kappa shape index (κ2) is 6.49. The molecule has 1 aromatic carbocycles. The molecule has 0 aliphatic heterocycles. The first-order valence-electron chi connectivity index (χ1n) is 6.14. The normalized spacial score (nSPS) is 11.9. The van der Waals surface area contributed by atoms with Crippen LogP contribution < -0.4 is 5.32 Å². The molecule has 0 heterocycles. The molecule has 0 unspecified atom stereocenters. The lowest BCUT2D eigenvalue weighted by atomic mass is 10.0. The fourth-order valence-corrected chi connectivity index (χ4v) is 1.77. The van der Waals surface area contributed by atoms with Crippen molar-refractivity contribution in [2.75, 3.05) is 13.1 Å². The monoisotopic (exact) mass is 217 g/mol. The fourth-order valence-electron chi connectivity index (χ4n) is 1.77. The van der Waals surface area contributed by atoms with Crippen molar-refractivity contribution in [1.29, 1.82) is 0 Å². The minimum atomic E-state index is 1.00. The predicted molar refractivity (Wildman–Crippen MR) is 72.7 cm³/mol. The van der Waals surface area contributed by atoms with E-state index in [1.807, 2.05) is 0 Å². The van der Waals surface area contributed by atoms with Gasteiger partial charge in [-0.15, -0.1) is 0 Å². The van der Waals surface area contributed by atoms with E-state index in [-0.39, 0.29) is 0 Å². The Hall–Kier alpha value is -1.08. The quantitative estimate of drug-likeness (QED) is 0.793. The summed E-state index contributed by atoms with van der Waals surface area (Å²) in [7, 11) is 0. The van der Waals surface area contributed by atoms with Crippen molar-refractivity contribution < 1.29 is 0 Å². The SMILES string of the molecule is CCNCC(=Cc1ccc(C)cc1C)CC. The molecule has 0 spiro atoms. The van der Waals surface area contributed by atoms with Crippen LogP contribution in [0.4, 0.5) is 0 Å². The minimum Gasteiger partial charge on any atom is -0.313 e. The van der Waals surface area contributed by atoms with Crippen molar-refractivity contribution in [2.24, 2.45) is 0 Å². The van der Waals surface area contributed by atoms with Crippen molar-refractivity contribution in [1.82, 2.24) is 5.32 Å². The number of nitrogens with one attached hydrogen (secondary N) is 1. The average molecular weight is 217 g/mol. The first kappa shape index (κ1) is 13.0. The molecule has 0 fully saturated rings. The molecule has 1 N–H and O–H groups in total. The van der Waals surface area contributed by atoms with E-state index in [1.165, 1.54) is 22.3 Å². The number of hydrogen-bond donors (Lipinski definition) is 1. The summed E-state index contributed by atoms with van der Waals surface area (Å²) >= 11 is 0. The van der Waals surface area contributed by atoms with E-state index >= 15 is 0 Å². The third-order valence-corrected chi connectivity index (χ3v) is 2.84. The molecule has 0 aromatic heterocycles. The standard InChI is InChI=1S/C15H23N/c1-5-14(11-16-6-2)10-15-8-7-12(3)9-13(15)4/h7-10,16H,5-6,11H2,1-4H3. The highest BCUT2D eigenvalue weighted by molar-refractivity contribution is 5.57. The summed E-state index contributed by atoms with van der Waals surface area (Å²) in [6.45, 7) is 10.7. The zero-order chi connectivity index (χ0) is 12.0. The van der Waals surface area contributed by atoms with Crippen LogP contribution in [0, 0.1) is 13.8 Å². The van der Waals surface area contributed by atoms with Crippen LogP contribution in [0.1, 0.15) is 37.0 Å². The van der Waals surface area contributed by atoms with Crippen LogP contribution in [0.2, 0.25) is 0 Å². The van der Waals surface area contributed by atoms with Crippen molar-refractivity contribution in [3.63, 3.8) is 0 Å². The lowest BCUT2D eigenvalue weighted by Crippen LogP contribution is -2.15. The van der Waals surface area contributed by atoms with Crippen LogP contribution in [0.3, 0.4) is 0 Å². The van der Waals surface area contributed by atoms with Gasteiger partial charge in [-0.2, -0.15) is 0 Å². The molecule has 0 amide bonds. The molecule has 0 radical (unpaired) electrons. The second-order valence-corrected chi connectivity index (χ2v) is 4.30. The Morgan fingerprint density at radius 1 is 1.25 bits per heavy atom. The molecule has 16 heavy (non-hydrogen) atoms. The van der Waals surface area contributed by atoms with Gasteiger partial charge in [-0.3, -0.25) is 0 Å². The Bertz CT molecular complexity index is 364. The Morgan fingerprint density at radius 2 is 2.00 bits per heavy atom. The second-order valence-electron chi connectivity index (χ2n) is 4.30. The van der Waals surface area contributed by atoms with Gasteiger partial charge in [-0.05, 0) is 37.9 Å². The van der Waals surface area contributed by atoms with Crippen molar-refractivity contribution in [3.8, 4) is 0 Å². The maximum Gasteiger partial charge on any atom is 0.0167 e. The summed E-state index contributed by atoms with van der Waals surface area (Å²) in [5.41, 5.74) is 5.51. The van der Waals surface area contributed by atoms with Crippen LogP contribution >= 0.6 is 0 Å². The van der Waals surface area contributed by atoms with Gasteiger partial charge >= 0.3 is 0 Å². The van der Waals surface area contributed by atoms with E-state index < -0.39 is 0 Å². The first-order valence-corrected chi connectivity index (χ1v) is 6.14. The van der Waals surface area contributed by atoms with Crippen LogP contribution in [0.5, 0.6) is 0 Å². The molecule has 1 aromatic rings. The van der Waals surface area contributed by atoms with Crippen LogP contribution in [0.25, 0.3) is 6.08 Å². The Labute approximate surface area is 99.6 Å². The zero-order valence-electron chi connectivity index (χ0n) is 10.9. The van der Waals surface area contributed by atoms with Gasteiger partial charge in [0.2, 0.25) is 0 Å². The molecular weight excluding hydrogens is 194 g/mol. The van der Waals surface area contributed by atoms with Gasteiger partial charge in [0.25, 0.3) is 0 Å². The number of hydrogen-bond acceptors (Lipinski definition) is 1. The van der Waals surface area contributed by atoms with Gasteiger partial charge in [0, 0.05) is 6.54 Å². The van der Waals surface area contributed by atoms with Gasteiger partial charge in [0.15, 0.2) is 0 Å². The maximum atomic E-state index is 3.38. The lowest BCUT2D eigenvalue weighted by Gasteiger charge is -2.07. The highest BCUT2D eigenvalue weighted by atomic mass is 14.8. The van der Waals surface area contributed by atoms with E-state index in [4.69, 9.17) is 0 Å². The van der Waals surface area contributed by atoms with Crippen LogP contribution in [-0.2, 0) is 0 Å². The van der Waals surface area contributed by atoms with E-state index in [2.05, 4.69) is 57.3 Å². The van der Waals surface area contributed by atoms with Crippen LogP contribution in [-0.4, -0.2) is 13.1 Å². The highest BCUT2D eigenvalue weighted by Crippen LogP contribution is 2.15. The fraction of sp³-hybridized carbons (Fsp3) is 0.467. The van der Waals surface area contributed by atoms with E-state index in [0.29, 0.717) is 0 Å². The van der Waals surface area contributed by atoms with Gasteiger partial charge in [0.05, 0.1) is 0 Å². The Balaban J connectivity index is 2.86. The summed E-state index contributed by atoms with van der Waals surface area (Å²) in [4.78, 5) is 0. The topological polar surface area (TPSA) is 12.0 Å². The summed E-state index contributed by atoms with van der Waals surface area (Å²) in [6, 6.07) is 6.64. The molecule has 0 atom stereocenters. The number of rotatable bonds is 5. The van der Waals surface area contributed by atoms with E-state index in [9.17, 15) is 0 Å². The highest BCUT2D eigenvalue weighted by Gasteiger charge is 1.98. The third-order valence-electron chi connectivity index (χ3n) is 2.84. The smallest absolute Gasteiger partial charge is 0.0167 e. The number of likely N-dealkylation sites (N-methyl/N-ethyl adjacent to an activating group) is 1. The molecule has 0 aliphatic carbocycles. The first-order chi connectivity index (χ1) is 7.67. The number of aryl methyl sites for hydroxylation is 2. The molecular formula is C15H23N. The molecule has 1 rings (SSSR count). The van der Waals surface area contributed by atoms with Crippen molar-refractivity contribution in [3.05, 3.63) is 40.5 Å². The van der Waals surface area contributed by atoms with Gasteiger partial charge in [0.1, 0.15) is 0 Å². The summed E-state index contributed by atoms with van der Waals surface area (Å²) < 4.78 is 0. The minimum absolute atomic E-state index is 1.00. The average Bonchev–Trinajstić information content (AvgIpc) is 2.27. The van der Waals surface area contributed by atoms with Crippen molar-refractivity contribution in [2.45, 2.75) is 34.1 Å². The maximum absolute atomic E-state index is 3.38. The Morgan fingerprint density at radius 3 is 2.56 bits per heavy atom. The third kappa shape index (κ3) is 3.82. The Kier molecular flexibility index (Phi) is 5.27. The largest absolute Gasteiger partial charge is 0.313 e. The van der Waals surface area contributed by atoms with Gasteiger partial charge in [-0.25, -0.2) is 0 Å². The molecule has 88 valence electrons. The molecule has 0 bridgehead atoms.